The third-order valence-electron chi connectivity index (χ3n) is 6.82. The Morgan fingerprint density at radius 2 is 1.77 bits per heavy atom. The van der Waals surface area contributed by atoms with Crippen molar-refractivity contribution in [1.29, 1.82) is 0 Å². The molecule has 1 saturated heterocycles. The predicted molar refractivity (Wildman–Crippen MR) is 152 cm³/mol. The highest BCUT2D eigenvalue weighted by Gasteiger charge is 2.13. The molecule has 5 heterocycles. The molecular weight excluding hydrogens is 508 g/mol. The van der Waals surface area contributed by atoms with Gasteiger partial charge in [-0.15, -0.1) is 11.3 Å². The van der Waals surface area contributed by atoms with Crippen LogP contribution in [0, 0.1) is 6.57 Å². The van der Waals surface area contributed by atoms with E-state index in [4.69, 9.17) is 6.57 Å². The van der Waals surface area contributed by atoms with E-state index >= 15 is 0 Å². The highest BCUT2D eigenvalue weighted by molar-refractivity contribution is 7.10. The first-order chi connectivity index (χ1) is 19.1. The molecule has 0 aliphatic carbocycles. The Bertz CT molecular complexity index is 1690. The topological polar surface area (TPSA) is 86.1 Å². The molecule has 1 aromatic carbocycles. The van der Waals surface area contributed by atoms with Crippen LogP contribution in [0.4, 0.5) is 5.69 Å². The number of aromatic nitrogens is 6. The lowest BCUT2D eigenvalue weighted by Gasteiger charge is -2.13. The molecule has 39 heavy (non-hydrogen) atoms. The molecule has 10 heteroatoms. The summed E-state index contributed by atoms with van der Waals surface area (Å²) in [6.07, 6.45) is 10.2. The molecule has 0 radical (unpaired) electrons. The molecule has 0 atom stereocenters. The highest BCUT2D eigenvalue weighted by Crippen LogP contribution is 2.26. The maximum absolute atomic E-state index is 12.5. The molecule has 0 unspecified atom stereocenters. The Labute approximate surface area is 229 Å². The molecule has 9 nitrogen and oxygen atoms in total. The van der Waals surface area contributed by atoms with Crippen LogP contribution in [0.2, 0.25) is 0 Å². The lowest BCUT2D eigenvalue weighted by atomic mass is 10.1. The Morgan fingerprint density at radius 3 is 2.59 bits per heavy atom. The zero-order valence-corrected chi connectivity index (χ0v) is 22.1. The summed E-state index contributed by atoms with van der Waals surface area (Å²) in [5.41, 5.74) is 4.63. The number of hydrogen-bond acceptors (Lipinski definition) is 7. The molecule has 4 aromatic heterocycles. The molecule has 1 aliphatic rings. The van der Waals surface area contributed by atoms with Crippen LogP contribution in [0.25, 0.3) is 38.6 Å². The van der Waals surface area contributed by atoms with E-state index in [-0.39, 0.29) is 5.56 Å². The van der Waals surface area contributed by atoms with E-state index < -0.39 is 0 Å². The van der Waals surface area contributed by atoms with Gasteiger partial charge in [0.05, 0.1) is 31.6 Å². The lowest BCUT2D eigenvalue weighted by molar-refractivity contribution is 0.316. The van der Waals surface area contributed by atoms with E-state index in [1.54, 1.807) is 18.2 Å². The molecule has 1 aliphatic heterocycles. The van der Waals surface area contributed by atoms with E-state index in [2.05, 4.69) is 29.9 Å². The normalized spacial score (nSPS) is 13.5. The van der Waals surface area contributed by atoms with Crippen LogP contribution in [0.15, 0.2) is 77.4 Å². The van der Waals surface area contributed by atoms with E-state index in [9.17, 15) is 4.79 Å². The fourth-order valence-corrected chi connectivity index (χ4v) is 5.53. The molecular formula is C29H26N8OS. The molecule has 0 bridgehead atoms. The number of likely N-dealkylation sites (tertiary alicyclic amines) is 1. The summed E-state index contributed by atoms with van der Waals surface area (Å²) in [5.74, 6) is 0.632. The van der Waals surface area contributed by atoms with Crippen molar-refractivity contribution in [2.75, 3.05) is 19.6 Å². The van der Waals surface area contributed by atoms with Crippen molar-refractivity contribution in [2.45, 2.75) is 25.9 Å². The van der Waals surface area contributed by atoms with E-state index in [1.165, 1.54) is 48.0 Å². The summed E-state index contributed by atoms with van der Waals surface area (Å²) in [6.45, 7) is 11.9. The van der Waals surface area contributed by atoms with E-state index in [0.717, 1.165) is 40.2 Å². The number of benzene rings is 1. The largest absolute Gasteiger partial charge is 0.301 e. The van der Waals surface area contributed by atoms with Crippen LogP contribution in [0.3, 0.4) is 0 Å². The van der Waals surface area contributed by atoms with Crippen LogP contribution in [-0.4, -0.2) is 54.1 Å². The van der Waals surface area contributed by atoms with Gasteiger partial charge in [-0.2, -0.15) is 10.2 Å². The van der Waals surface area contributed by atoms with Crippen LogP contribution in [-0.2, 0) is 13.1 Å². The molecule has 0 N–H and O–H groups in total. The van der Waals surface area contributed by atoms with Gasteiger partial charge < -0.3 is 4.90 Å². The molecule has 1 fully saturated rings. The summed E-state index contributed by atoms with van der Waals surface area (Å²) in [6, 6.07) is 12.4. The van der Waals surface area contributed by atoms with Gasteiger partial charge in [0.1, 0.15) is 0 Å². The van der Waals surface area contributed by atoms with Gasteiger partial charge in [-0.3, -0.25) is 9.48 Å². The van der Waals surface area contributed by atoms with Gasteiger partial charge >= 0.3 is 0 Å². The number of nitrogens with zero attached hydrogens (tertiary/aromatic N) is 8. The molecule has 5 aromatic rings. The first-order valence-corrected chi connectivity index (χ1v) is 13.7. The first kappa shape index (κ1) is 24.9. The van der Waals surface area contributed by atoms with Crippen molar-refractivity contribution in [3.05, 3.63) is 99.3 Å². The zero-order chi connectivity index (χ0) is 26.6. The average molecular weight is 535 g/mol. The maximum Gasteiger partial charge on any atom is 0.267 e. The minimum atomic E-state index is -0.184. The predicted octanol–water partition coefficient (Wildman–Crippen LogP) is 4.99. The zero-order valence-electron chi connectivity index (χ0n) is 21.3. The standard InChI is InChI=1S/C29H26N8OS/c1-30-25-6-4-5-21(13-25)27-7-8-28(38)37(34-27)19-26-14-22(20-39-26)29-31-15-23(16-32-29)24-17-33-36(18-24)12-11-35-9-2-3-10-35/h4-8,13-18,20H,2-3,9-12,19H2. The van der Waals surface area contributed by atoms with Crippen molar-refractivity contribution in [2.24, 2.45) is 0 Å². The number of rotatable bonds is 8. The Morgan fingerprint density at radius 1 is 0.923 bits per heavy atom. The van der Waals surface area contributed by atoms with Crippen molar-refractivity contribution < 1.29 is 0 Å². The van der Waals surface area contributed by atoms with Crippen LogP contribution in [0.1, 0.15) is 17.7 Å². The molecule has 0 saturated carbocycles. The minimum Gasteiger partial charge on any atom is -0.301 e. The highest BCUT2D eigenvalue weighted by atomic mass is 32.1. The van der Waals surface area contributed by atoms with Gasteiger partial charge in [-0.1, -0.05) is 18.2 Å². The van der Waals surface area contributed by atoms with Gasteiger partial charge in [0.15, 0.2) is 11.5 Å². The van der Waals surface area contributed by atoms with E-state index in [1.807, 2.05) is 53.0 Å². The average Bonchev–Trinajstić information content (AvgIpc) is 3.76. The van der Waals surface area contributed by atoms with Crippen molar-refractivity contribution in [1.82, 2.24) is 34.4 Å². The van der Waals surface area contributed by atoms with Gasteiger partial charge in [-0.05, 0) is 49.7 Å². The summed E-state index contributed by atoms with van der Waals surface area (Å²) in [7, 11) is 0. The molecule has 0 spiro atoms. The van der Waals surface area contributed by atoms with Crippen molar-refractivity contribution in [3.8, 4) is 33.8 Å². The van der Waals surface area contributed by atoms with Crippen LogP contribution < -0.4 is 5.56 Å². The van der Waals surface area contributed by atoms with Crippen LogP contribution in [0.5, 0.6) is 0 Å². The quantitative estimate of drug-likeness (QED) is 0.261. The first-order valence-electron chi connectivity index (χ1n) is 12.9. The maximum atomic E-state index is 12.5. The second-order valence-corrected chi connectivity index (χ2v) is 10.5. The lowest BCUT2D eigenvalue weighted by Crippen LogP contribution is -2.24. The van der Waals surface area contributed by atoms with Gasteiger partial charge in [0.25, 0.3) is 5.56 Å². The summed E-state index contributed by atoms with van der Waals surface area (Å²) < 4.78 is 3.43. The number of thiophene rings is 1. The SMILES string of the molecule is [C-]#[N+]c1cccc(-c2ccc(=O)n(Cc3cc(-c4ncc(-c5cnn(CCN6CCCC6)c5)cn4)cs3)n2)c1. The Balaban J connectivity index is 1.14. The summed E-state index contributed by atoms with van der Waals surface area (Å²) in [4.78, 5) is 28.6. The molecule has 6 rings (SSSR count). The van der Waals surface area contributed by atoms with Crippen molar-refractivity contribution in [3.63, 3.8) is 0 Å². The third-order valence-corrected chi connectivity index (χ3v) is 7.74. The van der Waals surface area contributed by atoms with Crippen molar-refractivity contribution >= 4 is 17.0 Å². The summed E-state index contributed by atoms with van der Waals surface area (Å²) in [5, 5.41) is 11.0. The minimum absolute atomic E-state index is 0.184. The fourth-order valence-electron chi connectivity index (χ4n) is 4.69. The van der Waals surface area contributed by atoms with Gasteiger partial charge in [-0.25, -0.2) is 19.5 Å². The molecule has 0 amide bonds. The second kappa shape index (κ2) is 11.1. The van der Waals surface area contributed by atoms with E-state index in [0.29, 0.717) is 23.8 Å². The Kier molecular flexibility index (Phi) is 7.08. The molecule has 194 valence electrons. The van der Waals surface area contributed by atoms with Crippen LogP contribution >= 0.6 is 11.3 Å². The number of hydrogen-bond donors (Lipinski definition) is 0. The Hall–Kier alpha value is -4.46. The smallest absolute Gasteiger partial charge is 0.267 e. The second-order valence-electron chi connectivity index (χ2n) is 9.51. The van der Waals surface area contributed by atoms with Gasteiger partial charge in [0.2, 0.25) is 0 Å². The third kappa shape index (κ3) is 5.70. The summed E-state index contributed by atoms with van der Waals surface area (Å²) >= 11 is 1.54. The monoisotopic (exact) mass is 534 g/mol. The van der Waals surface area contributed by atoms with Gasteiger partial charge in [0, 0.05) is 58.1 Å². The fraction of sp³-hybridized carbons (Fsp3) is 0.241.